The lowest BCUT2D eigenvalue weighted by Crippen LogP contribution is -2.43. The van der Waals surface area contributed by atoms with Gasteiger partial charge in [-0.15, -0.1) is 0 Å². The summed E-state index contributed by atoms with van der Waals surface area (Å²) in [5, 5.41) is 14.8. The minimum atomic E-state index is -0.768. The van der Waals surface area contributed by atoms with Crippen molar-refractivity contribution in [3.63, 3.8) is 0 Å². The monoisotopic (exact) mass is 339 g/mol. The highest BCUT2D eigenvalue weighted by atomic mass is 16.4. The number of hydrogen-bond acceptors (Lipinski definition) is 3. The molecule has 7 heteroatoms. The molecule has 2 fully saturated rings. The summed E-state index contributed by atoms with van der Waals surface area (Å²) in [6.45, 7) is 1.52. The Morgan fingerprint density at radius 3 is 2.29 bits per heavy atom. The van der Waals surface area contributed by atoms with Crippen molar-refractivity contribution in [2.24, 2.45) is 5.92 Å². The number of aliphatic carboxylic acids is 1. The van der Waals surface area contributed by atoms with Gasteiger partial charge in [0, 0.05) is 32.1 Å². The Hall–Kier alpha value is -1.79. The molecule has 1 heterocycles. The SMILES string of the molecule is O=C(NCCCC(=O)N1CCC(C(=O)O)CC1)NC1CCCCC1. The van der Waals surface area contributed by atoms with Crippen molar-refractivity contribution >= 4 is 17.9 Å². The van der Waals surface area contributed by atoms with Crippen LogP contribution < -0.4 is 10.6 Å². The lowest BCUT2D eigenvalue weighted by Gasteiger charge is -2.30. The Morgan fingerprint density at radius 2 is 1.67 bits per heavy atom. The molecule has 7 nitrogen and oxygen atoms in total. The predicted molar refractivity (Wildman–Crippen MR) is 89.6 cm³/mol. The molecule has 136 valence electrons. The summed E-state index contributed by atoms with van der Waals surface area (Å²) in [5.74, 6) is -1.04. The number of carbonyl (C=O) groups is 3. The summed E-state index contributed by atoms with van der Waals surface area (Å²) in [4.78, 5) is 36.5. The van der Waals surface area contributed by atoms with Gasteiger partial charge in [0.15, 0.2) is 0 Å². The Morgan fingerprint density at radius 1 is 1.00 bits per heavy atom. The Balaban J connectivity index is 1.54. The van der Waals surface area contributed by atoms with Crippen LogP contribution in [0.5, 0.6) is 0 Å². The zero-order valence-electron chi connectivity index (χ0n) is 14.3. The smallest absolute Gasteiger partial charge is 0.315 e. The molecule has 3 amide bonds. The van der Waals surface area contributed by atoms with Gasteiger partial charge in [-0.1, -0.05) is 19.3 Å². The second-order valence-corrected chi connectivity index (χ2v) is 6.83. The molecule has 0 unspecified atom stereocenters. The van der Waals surface area contributed by atoms with Crippen molar-refractivity contribution in [3.8, 4) is 0 Å². The van der Waals surface area contributed by atoms with Gasteiger partial charge >= 0.3 is 12.0 Å². The maximum absolute atomic E-state index is 12.1. The molecule has 0 aromatic rings. The van der Waals surface area contributed by atoms with Gasteiger partial charge in [0.2, 0.25) is 5.91 Å². The molecule has 0 atom stereocenters. The van der Waals surface area contributed by atoms with Crippen LogP contribution in [0, 0.1) is 5.92 Å². The maximum Gasteiger partial charge on any atom is 0.315 e. The quantitative estimate of drug-likeness (QED) is 0.642. The maximum atomic E-state index is 12.1. The Kier molecular flexibility index (Phi) is 7.34. The minimum Gasteiger partial charge on any atom is -0.481 e. The van der Waals surface area contributed by atoms with E-state index in [0.29, 0.717) is 45.3 Å². The van der Waals surface area contributed by atoms with Crippen LogP contribution >= 0.6 is 0 Å². The van der Waals surface area contributed by atoms with Crippen LogP contribution in [-0.2, 0) is 9.59 Å². The molecular weight excluding hydrogens is 310 g/mol. The van der Waals surface area contributed by atoms with Gasteiger partial charge in [-0.25, -0.2) is 4.79 Å². The lowest BCUT2D eigenvalue weighted by atomic mass is 9.96. The van der Waals surface area contributed by atoms with Gasteiger partial charge < -0.3 is 20.6 Å². The van der Waals surface area contributed by atoms with E-state index in [1.54, 1.807) is 4.90 Å². The summed E-state index contributed by atoms with van der Waals surface area (Å²) in [7, 11) is 0. The van der Waals surface area contributed by atoms with Gasteiger partial charge in [-0.2, -0.15) is 0 Å². The highest BCUT2D eigenvalue weighted by molar-refractivity contribution is 5.77. The molecule has 3 N–H and O–H groups in total. The zero-order valence-corrected chi connectivity index (χ0v) is 14.3. The molecule has 0 aromatic heterocycles. The molecule has 0 aromatic carbocycles. The summed E-state index contributed by atoms with van der Waals surface area (Å²) in [6, 6.07) is 0.146. The first-order valence-corrected chi connectivity index (χ1v) is 9.11. The fraction of sp³-hybridized carbons (Fsp3) is 0.824. The van der Waals surface area contributed by atoms with Crippen LogP contribution in [0.3, 0.4) is 0 Å². The van der Waals surface area contributed by atoms with E-state index in [2.05, 4.69) is 10.6 Å². The van der Waals surface area contributed by atoms with E-state index in [1.807, 2.05) is 0 Å². The van der Waals surface area contributed by atoms with Crippen molar-refractivity contribution in [2.45, 2.75) is 63.8 Å². The molecule has 0 bridgehead atoms. The number of hydrogen-bond donors (Lipinski definition) is 3. The number of nitrogens with one attached hydrogen (secondary N) is 2. The number of urea groups is 1. The average molecular weight is 339 g/mol. The molecule has 1 aliphatic carbocycles. The molecule has 24 heavy (non-hydrogen) atoms. The number of carbonyl (C=O) groups excluding carboxylic acids is 2. The molecular formula is C17H29N3O4. The van der Waals surface area contributed by atoms with Gasteiger partial charge in [0.25, 0.3) is 0 Å². The number of carboxylic acid groups (broad SMARTS) is 1. The molecule has 2 aliphatic rings. The van der Waals surface area contributed by atoms with Gasteiger partial charge in [-0.05, 0) is 32.1 Å². The van der Waals surface area contributed by atoms with Gasteiger partial charge in [0.1, 0.15) is 0 Å². The van der Waals surface area contributed by atoms with Crippen LogP contribution in [0.1, 0.15) is 57.8 Å². The average Bonchev–Trinajstić information content (AvgIpc) is 2.59. The van der Waals surface area contributed by atoms with Crippen molar-refractivity contribution in [1.29, 1.82) is 0 Å². The largest absolute Gasteiger partial charge is 0.481 e. The van der Waals surface area contributed by atoms with Crippen molar-refractivity contribution in [2.75, 3.05) is 19.6 Å². The standard InChI is InChI=1S/C17H29N3O4/c21-15(20-11-8-13(9-12-20)16(22)23)7-4-10-18-17(24)19-14-5-2-1-3-6-14/h13-14H,1-12H2,(H,22,23)(H2,18,19,24). The van der Waals surface area contributed by atoms with E-state index >= 15 is 0 Å². The first-order chi connectivity index (χ1) is 11.6. The summed E-state index contributed by atoms with van der Waals surface area (Å²) in [5.41, 5.74) is 0. The number of carboxylic acids is 1. The molecule has 1 saturated heterocycles. The first-order valence-electron chi connectivity index (χ1n) is 9.11. The highest BCUT2D eigenvalue weighted by Crippen LogP contribution is 2.18. The number of likely N-dealkylation sites (tertiary alicyclic amines) is 1. The molecule has 0 radical (unpaired) electrons. The predicted octanol–water partition coefficient (Wildman–Crippen LogP) is 1.72. The van der Waals surface area contributed by atoms with E-state index in [-0.39, 0.29) is 23.9 Å². The third-order valence-corrected chi connectivity index (χ3v) is 4.99. The fourth-order valence-electron chi connectivity index (χ4n) is 3.46. The van der Waals surface area contributed by atoms with Crippen molar-refractivity contribution < 1.29 is 19.5 Å². The van der Waals surface area contributed by atoms with Crippen LogP contribution in [0.2, 0.25) is 0 Å². The van der Waals surface area contributed by atoms with Gasteiger partial charge in [-0.3, -0.25) is 9.59 Å². The minimum absolute atomic E-state index is 0.0494. The summed E-state index contributed by atoms with van der Waals surface area (Å²) >= 11 is 0. The first kappa shape index (κ1) is 18.5. The second kappa shape index (κ2) is 9.49. The molecule has 2 rings (SSSR count). The number of rotatable bonds is 6. The number of nitrogens with zero attached hydrogens (tertiary/aromatic N) is 1. The molecule has 1 aliphatic heterocycles. The fourth-order valence-corrected chi connectivity index (χ4v) is 3.46. The van der Waals surface area contributed by atoms with E-state index in [9.17, 15) is 14.4 Å². The normalized spacial score (nSPS) is 19.8. The Labute approximate surface area is 143 Å². The van der Waals surface area contributed by atoms with Gasteiger partial charge in [0.05, 0.1) is 5.92 Å². The molecule has 1 saturated carbocycles. The second-order valence-electron chi connectivity index (χ2n) is 6.83. The Bertz CT molecular complexity index is 441. The highest BCUT2D eigenvalue weighted by Gasteiger charge is 2.26. The van der Waals surface area contributed by atoms with E-state index < -0.39 is 5.97 Å². The van der Waals surface area contributed by atoms with E-state index in [4.69, 9.17) is 5.11 Å². The summed E-state index contributed by atoms with van der Waals surface area (Å²) in [6.07, 6.45) is 7.78. The van der Waals surface area contributed by atoms with Crippen molar-refractivity contribution in [3.05, 3.63) is 0 Å². The van der Waals surface area contributed by atoms with E-state index in [0.717, 1.165) is 12.8 Å². The van der Waals surface area contributed by atoms with Crippen molar-refractivity contribution in [1.82, 2.24) is 15.5 Å². The van der Waals surface area contributed by atoms with Crippen LogP contribution in [0.4, 0.5) is 4.79 Å². The summed E-state index contributed by atoms with van der Waals surface area (Å²) < 4.78 is 0. The van der Waals surface area contributed by atoms with Crippen LogP contribution in [0.15, 0.2) is 0 Å². The van der Waals surface area contributed by atoms with Crippen LogP contribution in [-0.4, -0.2) is 53.6 Å². The number of piperidine rings is 1. The third kappa shape index (κ3) is 6.02. The molecule has 0 spiro atoms. The van der Waals surface area contributed by atoms with E-state index in [1.165, 1.54) is 19.3 Å². The third-order valence-electron chi connectivity index (χ3n) is 4.99. The number of amides is 3. The topological polar surface area (TPSA) is 98.7 Å². The lowest BCUT2D eigenvalue weighted by molar-refractivity contribution is -0.145. The van der Waals surface area contributed by atoms with Crippen LogP contribution in [0.25, 0.3) is 0 Å². The zero-order chi connectivity index (χ0) is 17.4.